The van der Waals surface area contributed by atoms with Crippen LogP contribution in [0.3, 0.4) is 0 Å². The first kappa shape index (κ1) is 20.8. The molecule has 2 amide bonds. The van der Waals surface area contributed by atoms with Gasteiger partial charge in [0.25, 0.3) is 0 Å². The molecule has 0 spiro atoms. The van der Waals surface area contributed by atoms with E-state index in [1.165, 1.54) is 0 Å². The van der Waals surface area contributed by atoms with Gasteiger partial charge in [-0.1, -0.05) is 30.3 Å². The molecule has 3 rings (SSSR count). The van der Waals surface area contributed by atoms with Gasteiger partial charge in [0.1, 0.15) is 12.1 Å². The predicted octanol–water partition coefficient (Wildman–Crippen LogP) is 0.815. The van der Waals surface area contributed by atoms with Crippen molar-refractivity contribution in [3.05, 3.63) is 35.9 Å². The summed E-state index contributed by atoms with van der Waals surface area (Å²) in [6.45, 7) is 2.54. The highest BCUT2D eigenvalue weighted by Gasteiger charge is 2.51. The topological polar surface area (TPSA) is 90.9 Å². The normalized spacial score (nSPS) is 24.5. The average molecular weight is 389 g/mol. The number of hydrogen-bond acceptors (Lipinski definition) is 5. The molecule has 0 bridgehead atoms. The van der Waals surface area contributed by atoms with E-state index in [-0.39, 0.29) is 31.1 Å². The largest absolute Gasteiger partial charge is 0.396 e. The quantitative estimate of drug-likeness (QED) is 0.544. The van der Waals surface area contributed by atoms with Gasteiger partial charge in [0, 0.05) is 25.7 Å². The molecule has 7 nitrogen and oxygen atoms in total. The van der Waals surface area contributed by atoms with Crippen LogP contribution < -0.4 is 10.6 Å². The summed E-state index contributed by atoms with van der Waals surface area (Å²) in [5.41, 5.74) is 0.503. The predicted molar refractivity (Wildman–Crippen MR) is 106 cm³/mol. The van der Waals surface area contributed by atoms with Gasteiger partial charge in [-0.2, -0.15) is 0 Å². The van der Waals surface area contributed by atoms with E-state index in [0.717, 1.165) is 31.4 Å². The molecule has 2 heterocycles. The molecule has 0 aliphatic carbocycles. The fraction of sp³-hybridized carbons (Fsp3) is 0.619. The molecule has 2 aliphatic heterocycles. The van der Waals surface area contributed by atoms with E-state index in [2.05, 4.69) is 15.5 Å². The molecule has 28 heavy (non-hydrogen) atoms. The van der Waals surface area contributed by atoms with Crippen LogP contribution in [-0.4, -0.2) is 66.2 Å². The lowest BCUT2D eigenvalue weighted by atomic mass is 9.84. The second-order valence-electron chi connectivity index (χ2n) is 7.71. The molecule has 2 fully saturated rings. The van der Waals surface area contributed by atoms with Gasteiger partial charge >= 0.3 is 0 Å². The zero-order chi connectivity index (χ0) is 19.8. The molecular formula is C21H31N3O4. The van der Waals surface area contributed by atoms with Crippen LogP contribution in [0.5, 0.6) is 0 Å². The highest BCUT2D eigenvalue weighted by atomic mass is 16.5. The number of hydrogen-bond donors (Lipinski definition) is 3. The maximum absolute atomic E-state index is 12.9. The number of nitrogens with one attached hydrogen (secondary N) is 2. The lowest BCUT2D eigenvalue weighted by Crippen LogP contribution is -2.57. The van der Waals surface area contributed by atoms with Crippen molar-refractivity contribution in [1.82, 2.24) is 15.5 Å². The maximum atomic E-state index is 12.9. The third-order valence-corrected chi connectivity index (χ3v) is 5.65. The summed E-state index contributed by atoms with van der Waals surface area (Å²) in [6.07, 6.45) is 4.09. The summed E-state index contributed by atoms with van der Waals surface area (Å²) in [6, 6.07) is 9.71. The number of aliphatic hydroxyl groups is 1. The van der Waals surface area contributed by atoms with E-state index in [1.807, 2.05) is 30.3 Å². The first-order valence-corrected chi connectivity index (χ1v) is 10.2. The molecule has 7 heteroatoms. The molecule has 0 aromatic heterocycles. The number of amides is 2. The van der Waals surface area contributed by atoms with Gasteiger partial charge in [0.15, 0.2) is 0 Å². The first-order chi connectivity index (χ1) is 13.6. The molecule has 154 valence electrons. The summed E-state index contributed by atoms with van der Waals surface area (Å²) < 4.78 is 5.52. The number of rotatable bonds is 9. The summed E-state index contributed by atoms with van der Waals surface area (Å²) in [4.78, 5) is 27.4. The monoisotopic (exact) mass is 389 g/mol. The van der Waals surface area contributed by atoms with Crippen LogP contribution >= 0.6 is 0 Å². The third-order valence-electron chi connectivity index (χ3n) is 5.65. The molecule has 0 saturated carbocycles. The minimum Gasteiger partial charge on any atom is -0.396 e. The van der Waals surface area contributed by atoms with Gasteiger partial charge in [-0.25, -0.2) is 0 Å². The molecule has 1 aromatic rings. The van der Waals surface area contributed by atoms with Crippen LogP contribution in [0.4, 0.5) is 0 Å². The number of fused-ring (bicyclic) bond motifs is 1. The van der Waals surface area contributed by atoms with E-state index in [1.54, 1.807) is 0 Å². The van der Waals surface area contributed by atoms with Crippen molar-refractivity contribution in [2.75, 3.05) is 32.8 Å². The number of piperidine rings is 1. The number of ether oxygens (including phenoxy) is 1. The number of benzene rings is 1. The van der Waals surface area contributed by atoms with Crippen molar-refractivity contribution in [2.24, 2.45) is 0 Å². The van der Waals surface area contributed by atoms with Crippen molar-refractivity contribution in [3.8, 4) is 0 Å². The Morgan fingerprint density at radius 2 is 2.07 bits per heavy atom. The van der Waals surface area contributed by atoms with Crippen molar-refractivity contribution >= 4 is 11.8 Å². The zero-order valence-electron chi connectivity index (χ0n) is 16.4. The van der Waals surface area contributed by atoms with Gasteiger partial charge in [-0.15, -0.1) is 0 Å². The lowest BCUT2D eigenvalue weighted by Gasteiger charge is -2.40. The number of aliphatic hydroxyl groups excluding tert-OH is 1. The standard InChI is InChI=1S/C21H31N3O4/c25-12-6-10-22-20(27)21-9-4-5-11-24(21)14-18(13-21)23-19(26)16-28-15-17-7-2-1-3-8-17/h1-3,7-8,18,25H,4-6,9-16H2,(H,22,27)(H,23,26)/t18-,21-/m0/s1. The minimum atomic E-state index is -0.531. The van der Waals surface area contributed by atoms with Crippen LogP contribution in [0.15, 0.2) is 30.3 Å². The second-order valence-corrected chi connectivity index (χ2v) is 7.71. The zero-order valence-corrected chi connectivity index (χ0v) is 16.4. The Morgan fingerprint density at radius 3 is 2.86 bits per heavy atom. The lowest BCUT2D eigenvalue weighted by molar-refractivity contribution is -0.134. The van der Waals surface area contributed by atoms with E-state index >= 15 is 0 Å². The molecule has 0 unspecified atom stereocenters. The Morgan fingerprint density at radius 1 is 1.25 bits per heavy atom. The van der Waals surface area contributed by atoms with E-state index in [0.29, 0.717) is 32.5 Å². The molecule has 3 N–H and O–H groups in total. The molecule has 2 aliphatic rings. The summed E-state index contributed by atoms with van der Waals surface area (Å²) in [5, 5.41) is 14.9. The van der Waals surface area contributed by atoms with Crippen molar-refractivity contribution in [3.63, 3.8) is 0 Å². The summed E-state index contributed by atoms with van der Waals surface area (Å²) in [7, 11) is 0. The van der Waals surface area contributed by atoms with Crippen LogP contribution in [0.25, 0.3) is 0 Å². The van der Waals surface area contributed by atoms with Crippen molar-refractivity contribution < 1.29 is 19.4 Å². The number of carbonyl (C=O) groups is 2. The van der Waals surface area contributed by atoms with Crippen molar-refractivity contribution in [1.29, 1.82) is 0 Å². The van der Waals surface area contributed by atoms with Crippen molar-refractivity contribution in [2.45, 2.75) is 50.3 Å². The molecule has 2 saturated heterocycles. The highest BCUT2D eigenvalue weighted by Crippen LogP contribution is 2.38. The minimum absolute atomic E-state index is 0.0150. The Bertz CT molecular complexity index is 654. The van der Waals surface area contributed by atoms with Gasteiger partial charge in [0.05, 0.1) is 6.61 Å². The Balaban J connectivity index is 1.49. The fourth-order valence-corrected chi connectivity index (χ4v) is 4.32. The summed E-state index contributed by atoms with van der Waals surface area (Å²) >= 11 is 0. The molecule has 1 aromatic carbocycles. The molecular weight excluding hydrogens is 358 g/mol. The van der Waals surface area contributed by atoms with Crippen LogP contribution in [0.1, 0.15) is 37.7 Å². The highest BCUT2D eigenvalue weighted by molar-refractivity contribution is 5.87. The van der Waals surface area contributed by atoms with Crippen LogP contribution in [0.2, 0.25) is 0 Å². The van der Waals surface area contributed by atoms with Gasteiger partial charge in [-0.3, -0.25) is 14.5 Å². The van der Waals surface area contributed by atoms with Crippen LogP contribution in [-0.2, 0) is 20.9 Å². The third kappa shape index (κ3) is 5.10. The van der Waals surface area contributed by atoms with E-state index in [9.17, 15) is 9.59 Å². The molecule has 2 atom stereocenters. The van der Waals surface area contributed by atoms with E-state index < -0.39 is 5.54 Å². The van der Waals surface area contributed by atoms with E-state index in [4.69, 9.17) is 9.84 Å². The second kappa shape index (κ2) is 10.0. The number of nitrogens with zero attached hydrogens (tertiary/aromatic N) is 1. The van der Waals surface area contributed by atoms with Gasteiger partial charge < -0.3 is 20.5 Å². The van der Waals surface area contributed by atoms with Gasteiger partial charge in [0.2, 0.25) is 11.8 Å². The summed E-state index contributed by atoms with van der Waals surface area (Å²) in [5.74, 6) is -0.116. The smallest absolute Gasteiger partial charge is 0.246 e. The van der Waals surface area contributed by atoms with Crippen LogP contribution in [0, 0.1) is 0 Å². The van der Waals surface area contributed by atoms with Gasteiger partial charge in [-0.05, 0) is 44.2 Å². The average Bonchev–Trinajstić information content (AvgIpc) is 3.08. The SMILES string of the molecule is O=C(COCc1ccccc1)N[C@@H]1CN2CCCC[C@@]2(C(=O)NCCCO)C1. The Hall–Kier alpha value is -1.96. The first-order valence-electron chi connectivity index (χ1n) is 10.2. The Kier molecular flexibility index (Phi) is 7.42. The number of carbonyl (C=O) groups excluding carboxylic acids is 2. The molecule has 0 radical (unpaired) electrons. The fourth-order valence-electron chi connectivity index (χ4n) is 4.32. The Labute approximate surface area is 166 Å². The maximum Gasteiger partial charge on any atom is 0.246 e.